The molecule has 6 nitrogen and oxygen atoms in total. The molecule has 1 saturated heterocycles. The van der Waals surface area contributed by atoms with Gasteiger partial charge in [0.1, 0.15) is 9.84 Å². The van der Waals surface area contributed by atoms with Crippen molar-refractivity contribution in [3.63, 3.8) is 0 Å². The average molecular weight is 340 g/mol. The largest absolute Gasteiger partial charge is 0.377 e. The molecule has 2 atom stereocenters. The fourth-order valence-electron chi connectivity index (χ4n) is 2.63. The number of rotatable bonds is 4. The molecule has 0 spiro atoms. The zero-order chi connectivity index (χ0) is 16.9. The summed E-state index contributed by atoms with van der Waals surface area (Å²) in [4.78, 5) is 14.2. The minimum atomic E-state index is -3.22. The Labute approximate surface area is 137 Å². The third-order valence-corrected chi connectivity index (χ3v) is 4.65. The fraction of sp³-hybridized carbons (Fsp3) is 0.562. The van der Waals surface area contributed by atoms with Gasteiger partial charge in [0.05, 0.1) is 17.9 Å². The minimum Gasteiger partial charge on any atom is -0.377 e. The maximum absolute atomic E-state index is 12.5. The topological polar surface area (TPSA) is 75.7 Å². The number of hydrogen-bond acceptors (Lipinski definition) is 4. The fourth-order valence-corrected chi connectivity index (χ4v) is 3.51. The first-order chi connectivity index (χ1) is 10.8. The number of nitrogens with one attached hydrogen (secondary N) is 1. The molecule has 0 aromatic heterocycles. The lowest BCUT2D eigenvalue weighted by Crippen LogP contribution is -2.45. The van der Waals surface area contributed by atoms with Crippen molar-refractivity contribution in [2.24, 2.45) is 0 Å². The predicted molar refractivity (Wildman–Crippen MR) is 89.0 cm³/mol. The molecular weight excluding hydrogens is 316 g/mol. The lowest BCUT2D eigenvalue weighted by Gasteiger charge is -2.26. The van der Waals surface area contributed by atoms with Gasteiger partial charge < -0.3 is 15.0 Å². The van der Waals surface area contributed by atoms with Crippen molar-refractivity contribution in [2.45, 2.75) is 25.5 Å². The van der Waals surface area contributed by atoms with Gasteiger partial charge in [0.15, 0.2) is 0 Å². The van der Waals surface area contributed by atoms with Crippen LogP contribution in [0.3, 0.4) is 0 Å². The van der Waals surface area contributed by atoms with E-state index >= 15 is 0 Å². The second-order valence-electron chi connectivity index (χ2n) is 5.99. The molecule has 0 saturated carbocycles. The molecule has 0 radical (unpaired) electrons. The minimum absolute atomic E-state index is 0.0201. The number of carbonyl (C=O) groups excluding carboxylic acids is 1. The molecule has 2 rings (SSSR count). The van der Waals surface area contributed by atoms with E-state index in [0.29, 0.717) is 19.7 Å². The zero-order valence-electron chi connectivity index (χ0n) is 13.6. The van der Waals surface area contributed by atoms with E-state index in [1.54, 1.807) is 4.90 Å². The molecule has 7 heteroatoms. The molecular formula is C16H24N2O4S. The van der Waals surface area contributed by atoms with Crippen LogP contribution in [0.25, 0.3) is 0 Å². The zero-order valence-corrected chi connectivity index (χ0v) is 14.4. The summed E-state index contributed by atoms with van der Waals surface area (Å²) in [6, 6.07) is 8.36. The van der Waals surface area contributed by atoms with Crippen molar-refractivity contribution in [3.8, 4) is 0 Å². The van der Waals surface area contributed by atoms with Crippen molar-refractivity contribution in [3.05, 3.63) is 35.9 Å². The van der Waals surface area contributed by atoms with Gasteiger partial charge in [-0.2, -0.15) is 0 Å². The molecule has 1 aromatic carbocycles. The van der Waals surface area contributed by atoms with E-state index in [0.717, 1.165) is 12.0 Å². The number of benzene rings is 1. The second-order valence-corrected chi connectivity index (χ2v) is 8.17. The molecule has 0 unspecified atom stereocenters. The summed E-state index contributed by atoms with van der Waals surface area (Å²) in [6.07, 6.45) is 1.94. The van der Waals surface area contributed by atoms with E-state index in [-0.39, 0.29) is 17.9 Å². The van der Waals surface area contributed by atoms with Crippen LogP contribution in [0.2, 0.25) is 0 Å². The van der Waals surface area contributed by atoms with E-state index in [2.05, 4.69) is 5.32 Å². The number of ether oxygens (including phenoxy) is 1. The van der Waals surface area contributed by atoms with Crippen LogP contribution in [0.15, 0.2) is 30.3 Å². The molecule has 1 fully saturated rings. The Morgan fingerprint density at radius 1 is 1.39 bits per heavy atom. The van der Waals surface area contributed by atoms with Gasteiger partial charge in [-0.1, -0.05) is 30.3 Å². The number of hydrogen-bond donors (Lipinski definition) is 1. The van der Waals surface area contributed by atoms with Crippen molar-refractivity contribution in [1.82, 2.24) is 10.2 Å². The summed E-state index contributed by atoms with van der Waals surface area (Å²) >= 11 is 0. The molecule has 128 valence electrons. The Balaban J connectivity index is 2.11. The van der Waals surface area contributed by atoms with E-state index in [4.69, 9.17) is 4.74 Å². The van der Waals surface area contributed by atoms with Gasteiger partial charge in [0.2, 0.25) is 0 Å². The number of urea groups is 1. The maximum Gasteiger partial charge on any atom is 0.318 e. The summed E-state index contributed by atoms with van der Waals surface area (Å²) in [7, 11) is -3.22. The highest BCUT2D eigenvalue weighted by molar-refractivity contribution is 7.90. The van der Waals surface area contributed by atoms with Crippen molar-refractivity contribution in [2.75, 3.05) is 31.7 Å². The predicted octanol–water partition coefficient (Wildman–Crippen LogP) is 1.59. The van der Waals surface area contributed by atoms with E-state index in [1.165, 1.54) is 6.26 Å². The number of amides is 2. The lowest BCUT2D eigenvalue weighted by atomic mass is 10.1. The first-order valence-electron chi connectivity index (χ1n) is 7.75. The van der Waals surface area contributed by atoms with Crippen molar-refractivity contribution >= 4 is 15.9 Å². The van der Waals surface area contributed by atoms with Gasteiger partial charge in [-0.15, -0.1) is 0 Å². The average Bonchev–Trinajstić information content (AvgIpc) is 2.71. The lowest BCUT2D eigenvalue weighted by molar-refractivity contribution is 0.0709. The SMILES string of the molecule is C[C@@H]1CN(C(=O)N[C@H](CS(C)(=O)=O)c2ccccc2)CCCO1. The van der Waals surface area contributed by atoms with Gasteiger partial charge in [-0.25, -0.2) is 13.2 Å². The number of nitrogens with zero attached hydrogens (tertiary/aromatic N) is 1. The molecule has 1 N–H and O–H groups in total. The van der Waals surface area contributed by atoms with E-state index < -0.39 is 15.9 Å². The molecule has 23 heavy (non-hydrogen) atoms. The summed E-state index contributed by atoms with van der Waals surface area (Å²) < 4.78 is 28.9. The van der Waals surface area contributed by atoms with Gasteiger partial charge in [0, 0.05) is 26.0 Å². The van der Waals surface area contributed by atoms with Crippen LogP contribution >= 0.6 is 0 Å². The van der Waals surface area contributed by atoms with Crippen LogP contribution in [0.4, 0.5) is 4.79 Å². The summed E-state index contributed by atoms with van der Waals surface area (Å²) in [5, 5.41) is 2.86. The van der Waals surface area contributed by atoms with Gasteiger partial charge in [0.25, 0.3) is 0 Å². The Kier molecular flexibility index (Phi) is 6.01. The summed E-state index contributed by atoms with van der Waals surface area (Å²) in [6.45, 7) is 3.68. The highest BCUT2D eigenvalue weighted by atomic mass is 32.2. The van der Waals surface area contributed by atoms with E-state index in [1.807, 2.05) is 37.3 Å². The van der Waals surface area contributed by atoms with Gasteiger partial charge >= 0.3 is 6.03 Å². The smallest absolute Gasteiger partial charge is 0.318 e. The van der Waals surface area contributed by atoms with Crippen LogP contribution in [0, 0.1) is 0 Å². The first kappa shape index (κ1) is 17.7. The Bertz CT molecular complexity index is 618. The Hall–Kier alpha value is -1.60. The van der Waals surface area contributed by atoms with Gasteiger partial charge in [-0.05, 0) is 18.9 Å². The molecule has 1 aliphatic heterocycles. The highest BCUT2D eigenvalue weighted by Gasteiger charge is 2.24. The maximum atomic E-state index is 12.5. The number of sulfone groups is 1. The van der Waals surface area contributed by atoms with Gasteiger partial charge in [-0.3, -0.25) is 0 Å². The van der Waals surface area contributed by atoms with Crippen molar-refractivity contribution < 1.29 is 17.9 Å². The molecule has 0 aliphatic carbocycles. The van der Waals surface area contributed by atoms with Crippen LogP contribution in [0.1, 0.15) is 24.9 Å². The summed E-state index contributed by atoms with van der Waals surface area (Å²) in [5.74, 6) is -0.122. The van der Waals surface area contributed by atoms with Crippen LogP contribution < -0.4 is 5.32 Å². The van der Waals surface area contributed by atoms with Crippen LogP contribution in [-0.2, 0) is 14.6 Å². The van der Waals surface area contributed by atoms with Crippen LogP contribution in [-0.4, -0.2) is 57.2 Å². The molecule has 2 amide bonds. The molecule has 1 aromatic rings. The number of carbonyl (C=O) groups is 1. The molecule has 1 heterocycles. The first-order valence-corrected chi connectivity index (χ1v) is 9.81. The quantitative estimate of drug-likeness (QED) is 0.903. The third-order valence-electron chi connectivity index (χ3n) is 3.71. The van der Waals surface area contributed by atoms with E-state index in [9.17, 15) is 13.2 Å². The highest BCUT2D eigenvalue weighted by Crippen LogP contribution is 2.16. The normalized spacial score (nSPS) is 20.6. The Morgan fingerprint density at radius 3 is 2.74 bits per heavy atom. The monoisotopic (exact) mass is 340 g/mol. The Morgan fingerprint density at radius 2 is 2.09 bits per heavy atom. The van der Waals surface area contributed by atoms with Crippen molar-refractivity contribution in [1.29, 1.82) is 0 Å². The van der Waals surface area contributed by atoms with Crippen LogP contribution in [0.5, 0.6) is 0 Å². The molecule has 1 aliphatic rings. The standard InChI is InChI=1S/C16H24N2O4S/c1-13-11-18(9-6-10-22-13)16(19)17-15(12-23(2,20)21)14-7-4-3-5-8-14/h3-5,7-8,13,15H,6,9-12H2,1-2H3,(H,17,19)/t13-,15-/m1/s1. The second kappa shape index (κ2) is 7.79. The third kappa shape index (κ3) is 5.84. The molecule has 0 bridgehead atoms. The summed E-state index contributed by atoms with van der Waals surface area (Å²) in [5.41, 5.74) is 0.783.